The summed E-state index contributed by atoms with van der Waals surface area (Å²) in [4.78, 5) is 12.7. The second-order valence-corrected chi connectivity index (χ2v) is 9.40. The van der Waals surface area contributed by atoms with Gasteiger partial charge in [0.25, 0.3) is 0 Å². The molecular weight excluding hydrogens is 394 g/mol. The Morgan fingerprint density at radius 2 is 1.83 bits per heavy atom. The number of benzene rings is 2. The van der Waals surface area contributed by atoms with Crippen LogP contribution in [0.25, 0.3) is 0 Å². The second-order valence-electron chi connectivity index (χ2n) is 9.00. The van der Waals surface area contributed by atoms with E-state index in [0.717, 1.165) is 41.5 Å². The lowest BCUT2D eigenvalue weighted by atomic mass is 9.81. The molecule has 164 valence electrons. The highest BCUT2D eigenvalue weighted by molar-refractivity contribution is 6.31. The Balaban J connectivity index is 2.18. The molecule has 0 aliphatic rings. The summed E-state index contributed by atoms with van der Waals surface area (Å²) in [6.07, 6.45) is 3.23. The maximum Gasteiger partial charge on any atom is 0.137 e. The molecule has 2 atom stereocenters. The molecule has 0 bridgehead atoms. The number of Topliss-reactive ketones (excluding diaryl/α,β-unsaturated/α-hetero) is 1. The zero-order valence-corrected chi connectivity index (χ0v) is 19.7. The summed E-state index contributed by atoms with van der Waals surface area (Å²) in [5.41, 5.74) is 10.6. The van der Waals surface area contributed by atoms with Crippen LogP contribution in [0, 0.1) is 6.92 Å². The van der Waals surface area contributed by atoms with Gasteiger partial charge in [-0.15, -0.1) is 0 Å². The number of nitrogens with two attached hydrogens (primary N) is 1. The van der Waals surface area contributed by atoms with E-state index in [1.807, 2.05) is 51.1 Å². The van der Waals surface area contributed by atoms with Crippen molar-refractivity contribution in [2.45, 2.75) is 84.3 Å². The molecule has 0 spiro atoms. The Morgan fingerprint density at radius 1 is 1.17 bits per heavy atom. The quantitative estimate of drug-likeness (QED) is 0.497. The fourth-order valence-electron chi connectivity index (χ4n) is 3.98. The highest BCUT2D eigenvalue weighted by Gasteiger charge is 2.24. The maximum absolute atomic E-state index is 12.7. The first-order chi connectivity index (χ1) is 14.0. The largest absolute Gasteiger partial charge is 0.386 e. The van der Waals surface area contributed by atoms with Crippen molar-refractivity contribution >= 4 is 17.4 Å². The lowest BCUT2D eigenvalue weighted by Crippen LogP contribution is -2.26. The topological polar surface area (TPSA) is 63.3 Å². The first-order valence-electron chi connectivity index (χ1n) is 10.9. The Morgan fingerprint density at radius 3 is 2.43 bits per heavy atom. The zero-order valence-electron chi connectivity index (χ0n) is 19.0. The van der Waals surface area contributed by atoms with E-state index in [1.54, 1.807) is 0 Å². The zero-order chi connectivity index (χ0) is 22.5. The molecule has 0 aliphatic heterocycles. The Labute approximate surface area is 186 Å². The van der Waals surface area contributed by atoms with Crippen LogP contribution in [0.3, 0.4) is 0 Å². The van der Waals surface area contributed by atoms with E-state index < -0.39 is 5.60 Å². The maximum atomic E-state index is 12.7. The fourth-order valence-corrected chi connectivity index (χ4v) is 4.27. The van der Waals surface area contributed by atoms with Gasteiger partial charge in [-0.1, -0.05) is 55.8 Å². The van der Waals surface area contributed by atoms with E-state index in [2.05, 4.69) is 19.9 Å². The molecule has 0 unspecified atom stereocenters. The standard InChI is InChI=1S/C26H36ClNO2/c1-6-19(28)15-23-21(10-8-11-24(23)26(4,5)30)18(3)13-14-20(29)16-22-17(2)9-7-12-25(22)27/h7-12,18-19,30H,6,13-16,28H2,1-5H3/t18-,19+/m1/s1. The van der Waals surface area contributed by atoms with Crippen molar-refractivity contribution in [3.63, 3.8) is 0 Å². The van der Waals surface area contributed by atoms with Gasteiger partial charge >= 0.3 is 0 Å². The van der Waals surface area contributed by atoms with Crippen LogP contribution in [0.15, 0.2) is 36.4 Å². The third-order valence-electron chi connectivity index (χ3n) is 5.98. The van der Waals surface area contributed by atoms with Crippen LogP contribution in [0.5, 0.6) is 0 Å². The Kier molecular flexibility index (Phi) is 8.66. The molecule has 3 N–H and O–H groups in total. The predicted octanol–water partition coefficient (Wildman–Crippen LogP) is 5.85. The highest BCUT2D eigenvalue weighted by Crippen LogP contribution is 2.33. The summed E-state index contributed by atoms with van der Waals surface area (Å²) < 4.78 is 0. The minimum Gasteiger partial charge on any atom is -0.386 e. The number of carbonyl (C=O) groups is 1. The number of ketones is 1. The Bertz CT molecular complexity index is 850. The van der Waals surface area contributed by atoms with Gasteiger partial charge in [0.2, 0.25) is 0 Å². The van der Waals surface area contributed by atoms with Gasteiger partial charge in [-0.25, -0.2) is 0 Å². The summed E-state index contributed by atoms with van der Waals surface area (Å²) in [6, 6.07) is 11.9. The smallest absolute Gasteiger partial charge is 0.137 e. The van der Waals surface area contributed by atoms with Gasteiger partial charge in [-0.2, -0.15) is 0 Å². The molecular formula is C26H36ClNO2. The van der Waals surface area contributed by atoms with Crippen molar-refractivity contribution in [2.75, 3.05) is 0 Å². The lowest BCUT2D eigenvalue weighted by molar-refractivity contribution is -0.118. The molecule has 30 heavy (non-hydrogen) atoms. The van der Waals surface area contributed by atoms with Crippen molar-refractivity contribution in [3.05, 3.63) is 69.2 Å². The minimum absolute atomic E-state index is 0.0456. The van der Waals surface area contributed by atoms with Crippen LogP contribution in [0.2, 0.25) is 5.02 Å². The van der Waals surface area contributed by atoms with Crippen LogP contribution in [-0.2, 0) is 23.2 Å². The normalized spacial score (nSPS) is 13.9. The minimum atomic E-state index is -0.935. The first kappa shape index (κ1) is 24.6. The number of hydrogen-bond acceptors (Lipinski definition) is 3. The van der Waals surface area contributed by atoms with Gasteiger partial charge in [0.05, 0.1) is 5.60 Å². The van der Waals surface area contributed by atoms with Crippen molar-refractivity contribution in [3.8, 4) is 0 Å². The third-order valence-corrected chi connectivity index (χ3v) is 6.33. The average Bonchev–Trinajstić information content (AvgIpc) is 2.68. The van der Waals surface area contributed by atoms with Crippen LogP contribution in [-0.4, -0.2) is 16.9 Å². The second kappa shape index (κ2) is 10.6. The number of aliphatic hydroxyl groups is 1. The number of halogens is 1. The number of carbonyl (C=O) groups excluding carboxylic acids is 1. The predicted molar refractivity (Wildman–Crippen MR) is 126 cm³/mol. The molecule has 2 aromatic carbocycles. The molecule has 0 radical (unpaired) electrons. The molecule has 2 rings (SSSR count). The summed E-state index contributed by atoms with van der Waals surface area (Å²) >= 11 is 6.29. The van der Waals surface area contributed by atoms with Crippen molar-refractivity contribution in [1.82, 2.24) is 0 Å². The van der Waals surface area contributed by atoms with Crippen LogP contribution in [0.1, 0.15) is 80.7 Å². The van der Waals surface area contributed by atoms with Gasteiger partial charge in [-0.05, 0) is 79.8 Å². The number of hydrogen-bond donors (Lipinski definition) is 2. The molecule has 0 fully saturated rings. The number of aryl methyl sites for hydroxylation is 1. The van der Waals surface area contributed by atoms with E-state index in [1.165, 1.54) is 5.56 Å². The van der Waals surface area contributed by atoms with E-state index >= 15 is 0 Å². The molecule has 0 aromatic heterocycles. The molecule has 0 saturated heterocycles. The van der Waals surface area contributed by atoms with Gasteiger partial charge < -0.3 is 10.8 Å². The van der Waals surface area contributed by atoms with Gasteiger partial charge in [0.15, 0.2) is 0 Å². The van der Waals surface area contributed by atoms with Gasteiger partial charge in [0.1, 0.15) is 5.78 Å². The summed E-state index contributed by atoms with van der Waals surface area (Å²) in [6.45, 7) is 9.84. The van der Waals surface area contributed by atoms with Crippen molar-refractivity contribution in [2.24, 2.45) is 5.73 Å². The molecule has 0 aliphatic carbocycles. The summed E-state index contributed by atoms with van der Waals surface area (Å²) in [5, 5.41) is 11.3. The van der Waals surface area contributed by atoms with Gasteiger partial charge in [-0.3, -0.25) is 4.79 Å². The van der Waals surface area contributed by atoms with Crippen LogP contribution < -0.4 is 5.73 Å². The summed E-state index contributed by atoms with van der Waals surface area (Å²) in [7, 11) is 0. The Hall–Kier alpha value is -1.68. The molecule has 4 heteroatoms. The van der Waals surface area contributed by atoms with E-state index in [4.69, 9.17) is 17.3 Å². The molecule has 0 saturated carbocycles. The fraction of sp³-hybridized carbons (Fsp3) is 0.500. The SMILES string of the molecule is CC[C@H](N)Cc1c([C@H](C)CCC(=O)Cc2c(C)cccc2Cl)cccc1C(C)(C)O. The monoisotopic (exact) mass is 429 g/mol. The highest BCUT2D eigenvalue weighted by atomic mass is 35.5. The van der Waals surface area contributed by atoms with Gasteiger partial charge in [0, 0.05) is 23.9 Å². The van der Waals surface area contributed by atoms with Crippen LogP contribution in [0.4, 0.5) is 0 Å². The molecule has 0 amide bonds. The van der Waals surface area contributed by atoms with E-state index in [9.17, 15) is 9.90 Å². The third kappa shape index (κ3) is 6.41. The van der Waals surface area contributed by atoms with E-state index in [0.29, 0.717) is 17.9 Å². The first-order valence-corrected chi connectivity index (χ1v) is 11.3. The lowest BCUT2D eigenvalue weighted by Gasteiger charge is -2.27. The van der Waals surface area contributed by atoms with Crippen LogP contribution >= 0.6 is 11.6 Å². The molecule has 3 nitrogen and oxygen atoms in total. The molecule has 2 aromatic rings. The molecule has 0 heterocycles. The average molecular weight is 430 g/mol. The van der Waals surface area contributed by atoms with Crippen molar-refractivity contribution in [1.29, 1.82) is 0 Å². The number of rotatable bonds is 10. The van der Waals surface area contributed by atoms with Crippen molar-refractivity contribution < 1.29 is 9.90 Å². The van der Waals surface area contributed by atoms with E-state index in [-0.39, 0.29) is 17.7 Å². The summed E-state index contributed by atoms with van der Waals surface area (Å²) in [5.74, 6) is 0.395.